The average Bonchev–Trinajstić information content (AvgIpc) is 3.28. The molecule has 0 radical (unpaired) electrons. The minimum atomic E-state index is -3.71. The predicted molar refractivity (Wildman–Crippen MR) is 112 cm³/mol. The zero-order valence-corrected chi connectivity index (χ0v) is 16.9. The van der Waals surface area contributed by atoms with Crippen molar-refractivity contribution in [2.75, 3.05) is 5.32 Å². The van der Waals surface area contributed by atoms with Gasteiger partial charge in [-0.25, -0.2) is 4.79 Å². The Morgan fingerprint density at radius 1 is 1.09 bits per heavy atom. The molecule has 166 valence electrons. The number of aryl methyl sites for hydroxylation is 1. The molecule has 0 unspecified atom stereocenters. The van der Waals surface area contributed by atoms with Gasteiger partial charge < -0.3 is 24.9 Å². The number of H-pyrrole nitrogens is 1. The summed E-state index contributed by atoms with van der Waals surface area (Å²) < 4.78 is 35.6. The third-order valence-corrected chi connectivity index (χ3v) is 5.86. The molecular weight excluding hydrogens is 422 g/mol. The fourth-order valence-electron chi connectivity index (χ4n) is 3.95. The van der Waals surface area contributed by atoms with E-state index in [-0.39, 0.29) is 24.5 Å². The molecule has 2 heterocycles. The second kappa shape index (κ2) is 6.81. The molecule has 3 aromatic rings. The molecule has 1 aliphatic carbocycles. The highest BCUT2D eigenvalue weighted by molar-refractivity contribution is 6.02. The summed E-state index contributed by atoms with van der Waals surface area (Å²) in [7, 11) is 0. The van der Waals surface area contributed by atoms with Crippen molar-refractivity contribution in [3.63, 3.8) is 0 Å². The van der Waals surface area contributed by atoms with E-state index in [9.17, 15) is 18.4 Å². The summed E-state index contributed by atoms with van der Waals surface area (Å²) in [5.74, 6) is -1.47. The highest BCUT2D eigenvalue weighted by Gasteiger charge is 2.52. The Morgan fingerprint density at radius 2 is 1.84 bits per heavy atom. The van der Waals surface area contributed by atoms with E-state index < -0.39 is 17.7 Å². The van der Waals surface area contributed by atoms with Gasteiger partial charge in [-0.2, -0.15) is 0 Å². The van der Waals surface area contributed by atoms with Crippen molar-refractivity contribution in [3.05, 3.63) is 65.5 Å². The van der Waals surface area contributed by atoms with Gasteiger partial charge in [0.25, 0.3) is 0 Å². The number of nitrogens with one attached hydrogen (secondary N) is 2. The average molecular weight is 442 g/mol. The first-order valence-corrected chi connectivity index (χ1v) is 9.91. The number of aromatic carboxylic acids is 1. The van der Waals surface area contributed by atoms with E-state index in [2.05, 4.69) is 19.8 Å². The largest absolute Gasteiger partial charge is 0.586 e. The molecule has 1 amide bonds. The Balaban J connectivity index is 0.00000259. The predicted octanol–water partition coefficient (Wildman–Crippen LogP) is 4.93. The van der Waals surface area contributed by atoms with Crippen LogP contribution < -0.4 is 14.8 Å². The summed E-state index contributed by atoms with van der Waals surface area (Å²) in [4.78, 5) is 27.0. The molecular formula is C23H20F2N2O5. The van der Waals surface area contributed by atoms with Gasteiger partial charge in [-0.3, -0.25) is 4.79 Å². The van der Waals surface area contributed by atoms with Crippen LogP contribution in [0.4, 0.5) is 14.5 Å². The number of anilines is 1. The van der Waals surface area contributed by atoms with E-state index >= 15 is 0 Å². The molecule has 0 bridgehead atoms. The van der Waals surface area contributed by atoms with Crippen molar-refractivity contribution in [2.24, 2.45) is 0 Å². The van der Waals surface area contributed by atoms with Crippen LogP contribution in [0.2, 0.25) is 0 Å². The highest BCUT2D eigenvalue weighted by Crippen LogP contribution is 2.52. The lowest BCUT2D eigenvalue weighted by Crippen LogP contribution is -2.28. The summed E-state index contributed by atoms with van der Waals surface area (Å²) in [6.45, 7) is 1.89. The second-order valence-corrected chi connectivity index (χ2v) is 8.00. The van der Waals surface area contributed by atoms with Crippen molar-refractivity contribution in [1.82, 2.24) is 4.98 Å². The summed E-state index contributed by atoms with van der Waals surface area (Å²) in [5, 5.41) is 12.0. The molecule has 9 heteroatoms. The molecule has 2 aliphatic rings. The van der Waals surface area contributed by atoms with E-state index in [1.54, 1.807) is 24.4 Å². The van der Waals surface area contributed by atoms with Crippen LogP contribution in [0.5, 0.6) is 11.5 Å². The van der Waals surface area contributed by atoms with Crippen LogP contribution in [0.1, 0.15) is 35.9 Å². The van der Waals surface area contributed by atoms with Crippen molar-refractivity contribution >= 4 is 17.6 Å². The van der Waals surface area contributed by atoms with Gasteiger partial charge in [-0.1, -0.05) is 12.1 Å². The third-order valence-electron chi connectivity index (χ3n) is 5.86. The first kappa shape index (κ1) is 20.0. The van der Waals surface area contributed by atoms with Crippen molar-refractivity contribution in [2.45, 2.75) is 31.5 Å². The van der Waals surface area contributed by atoms with E-state index in [1.165, 1.54) is 18.2 Å². The van der Waals surface area contributed by atoms with Crippen LogP contribution in [-0.4, -0.2) is 28.3 Å². The lowest BCUT2D eigenvalue weighted by atomic mass is 9.94. The first-order chi connectivity index (χ1) is 15.2. The molecule has 32 heavy (non-hydrogen) atoms. The monoisotopic (exact) mass is 442 g/mol. The SMILES string of the molecule is Cc1ccc(NC(=O)C2(c3ccc4c(c3)OC(F)(F)O4)CC2)cc1-c1c[nH]c(C(=O)O)c1.[HH]. The lowest BCUT2D eigenvalue weighted by Gasteiger charge is -2.17. The van der Waals surface area contributed by atoms with Gasteiger partial charge in [0, 0.05) is 18.9 Å². The number of alkyl halides is 2. The number of ether oxygens (including phenoxy) is 2. The first-order valence-electron chi connectivity index (χ1n) is 9.91. The van der Waals surface area contributed by atoms with Crippen LogP contribution >= 0.6 is 0 Å². The van der Waals surface area contributed by atoms with Crippen LogP contribution in [-0.2, 0) is 10.2 Å². The highest BCUT2D eigenvalue weighted by atomic mass is 19.3. The van der Waals surface area contributed by atoms with Gasteiger partial charge in [0.1, 0.15) is 5.69 Å². The molecule has 1 fully saturated rings. The maximum atomic E-state index is 13.3. The molecule has 2 aromatic carbocycles. The number of hydrogen-bond acceptors (Lipinski definition) is 4. The number of benzene rings is 2. The maximum Gasteiger partial charge on any atom is 0.586 e. The van der Waals surface area contributed by atoms with Gasteiger partial charge >= 0.3 is 12.3 Å². The van der Waals surface area contributed by atoms with Crippen LogP contribution in [0.3, 0.4) is 0 Å². The number of fused-ring (bicyclic) bond motifs is 1. The Kier molecular flexibility index (Phi) is 4.27. The number of carbonyl (C=O) groups excluding carboxylic acids is 1. The maximum absolute atomic E-state index is 13.3. The summed E-state index contributed by atoms with van der Waals surface area (Å²) in [5.41, 5.74) is 2.75. The number of carboxylic acids is 1. The van der Waals surface area contributed by atoms with E-state index in [0.717, 1.165) is 11.1 Å². The smallest absolute Gasteiger partial charge is 0.477 e. The number of carbonyl (C=O) groups is 2. The van der Waals surface area contributed by atoms with E-state index in [4.69, 9.17) is 5.11 Å². The molecule has 7 nitrogen and oxygen atoms in total. The number of aromatic amines is 1. The minimum Gasteiger partial charge on any atom is -0.477 e. The summed E-state index contributed by atoms with van der Waals surface area (Å²) in [6.07, 6.45) is -0.958. The van der Waals surface area contributed by atoms with E-state index in [1.807, 2.05) is 13.0 Å². The number of aromatic nitrogens is 1. The second-order valence-electron chi connectivity index (χ2n) is 8.00. The van der Waals surface area contributed by atoms with Crippen molar-refractivity contribution in [3.8, 4) is 22.6 Å². The Labute approximate surface area is 182 Å². The van der Waals surface area contributed by atoms with Crippen molar-refractivity contribution in [1.29, 1.82) is 0 Å². The van der Waals surface area contributed by atoms with Gasteiger partial charge in [-0.15, -0.1) is 8.78 Å². The van der Waals surface area contributed by atoms with Gasteiger partial charge in [-0.05, 0) is 66.8 Å². The standard InChI is InChI=1S/C23H18F2N2O5.H2/c1-12-2-4-15(10-16(12)13-8-17(20(28)29)26-11-13)27-21(30)22(6-7-22)14-3-5-18-19(9-14)32-23(24,25)31-18;/h2-5,8-11,26H,6-7H2,1H3,(H,27,30)(H,28,29);1H. The van der Waals surface area contributed by atoms with Crippen LogP contribution in [0.25, 0.3) is 11.1 Å². The zero-order valence-electron chi connectivity index (χ0n) is 16.9. The number of carboxylic acid groups (broad SMARTS) is 1. The fraction of sp³-hybridized carbons (Fsp3) is 0.217. The summed E-state index contributed by atoms with van der Waals surface area (Å²) in [6, 6.07) is 11.3. The molecule has 0 spiro atoms. The number of halogens is 2. The Bertz CT molecular complexity index is 1270. The molecule has 5 rings (SSSR count). The Morgan fingerprint density at radius 3 is 2.53 bits per heavy atom. The topological polar surface area (TPSA) is 101 Å². The van der Waals surface area contributed by atoms with Gasteiger partial charge in [0.15, 0.2) is 11.5 Å². The Hall–Kier alpha value is -3.88. The fourth-order valence-corrected chi connectivity index (χ4v) is 3.95. The molecule has 1 saturated carbocycles. The number of hydrogen-bond donors (Lipinski definition) is 3. The third kappa shape index (κ3) is 3.35. The van der Waals surface area contributed by atoms with Gasteiger partial charge in [0.2, 0.25) is 5.91 Å². The molecule has 0 saturated heterocycles. The van der Waals surface area contributed by atoms with Crippen molar-refractivity contribution < 1.29 is 34.4 Å². The summed E-state index contributed by atoms with van der Waals surface area (Å²) >= 11 is 0. The minimum absolute atomic E-state index is 0. The van der Waals surface area contributed by atoms with Gasteiger partial charge in [0.05, 0.1) is 5.41 Å². The number of amides is 1. The normalized spacial score (nSPS) is 17.1. The van der Waals surface area contributed by atoms with E-state index in [0.29, 0.717) is 29.7 Å². The zero-order chi connectivity index (χ0) is 22.7. The molecule has 1 aliphatic heterocycles. The molecule has 0 atom stereocenters. The molecule has 1 aromatic heterocycles. The number of rotatable bonds is 5. The molecule has 3 N–H and O–H groups in total. The lowest BCUT2D eigenvalue weighted by molar-refractivity contribution is -0.286. The van der Waals surface area contributed by atoms with Crippen LogP contribution in [0.15, 0.2) is 48.7 Å². The van der Waals surface area contributed by atoms with Crippen LogP contribution in [0, 0.1) is 6.92 Å². The quantitative estimate of drug-likeness (QED) is 0.520.